The number of benzene rings is 3. The summed E-state index contributed by atoms with van der Waals surface area (Å²) in [6.07, 6.45) is 0. The Kier molecular flexibility index (Phi) is 4.96. The number of rotatable bonds is 4. The van der Waals surface area contributed by atoms with Crippen molar-refractivity contribution < 1.29 is 9.90 Å². The molecule has 32 heavy (non-hydrogen) atoms. The van der Waals surface area contributed by atoms with Gasteiger partial charge in [-0.05, 0) is 31.2 Å². The molecule has 0 aliphatic heterocycles. The molecule has 2 heterocycles. The Bertz CT molecular complexity index is 1460. The fourth-order valence-electron chi connectivity index (χ4n) is 3.82. The van der Waals surface area contributed by atoms with Crippen LogP contribution in [0.1, 0.15) is 21.6 Å². The maximum atomic E-state index is 13.6. The molecule has 0 fully saturated rings. The average molecular weight is 440 g/mol. The second-order valence-electron chi connectivity index (χ2n) is 7.44. The van der Waals surface area contributed by atoms with Gasteiger partial charge in [-0.3, -0.25) is 4.79 Å². The lowest BCUT2D eigenvalue weighted by Crippen LogP contribution is -2.12. The number of para-hydroxylation sites is 1. The number of aromatic hydroxyl groups is 1. The molecule has 156 valence electrons. The first-order valence-corrected chi connectivity index (χ1v) is 10.4. The molecule has 2 aromatic heterocycles. The molecule has 0 aliphatic carbocycles. The van der Waals surface area contributed by atoms with Crippen molar-refractivity contribution in [3.8, 4) is 28.3 Å². The third-order valence-electron chi connectivity index (χ3n) is 5.35. The van der Waals surface area contributed by atoms with E-state index in [4.69, 9.17) is 16.7 Å². The van der Waals surface area contributed by atoms with Crippen LogP contribution in [0.15, 0.2) is 84.9 Å². The van der Waals surface area contributed by atoms with Crippen LogP contribution in [-0.4, -0.2) is 25.5 Å². The summed E-state index contributed by atoms with van der Waals surface area (Å²) in [4.78, 5) is 18.3. The fourth-order valence-corrected chi connectivity index (χ4v) is 3.94. The summed E-state index contributed by atoms with van der Waals surface area (Å²) >= 11 is 6.03. The van der Waals surface area contributed by atoms with Crippen molar-refractivity contribution in [2.75, 3.05) is 0 Å². The average Bonchev–Trinajstić information content (AvgIpc) is 3.22. The second kappa shape index (κ2) is 7.94. The van der Waals surface area contributed by atoms with Crippen molar-refractivity contribution in [1.82, 2.24) is 14.6 Å². The van der Waals surface area contributed by atoms with Gasteiger partial charge in [-0.1, -0.05) is 66.2 Å². The maximum absolute atomic E-state index is 13.6. The van der Waals surface area contributed by atoms with E-state index in [2.05, 4.69) is 4.98 Å². The molecule has 1 N–H and O–H groups in total. The molecule has 0 saturated carbocycles. The zero-order chi connectivity index (χ0) is 22.2. The first-order valence-electron chi connectivity index (χ1n) is 10.1. The number of hydrogen-bond acceptors (Lipinski definition) is 4. The van der Waals surface area contributed by atoms with E-state index in [0.717, 1.165) is 16.8 Å². The first kappa shape index (κ1) is 20.0. The van der Waals surface area contributed by atoms with Crippen molar-refractivity contribution in [3.05, 3.63) is 107 Å². The van der Waals surface area contributed by atoms with Gasteiger partial charge in [-0.2, -0.15) is 5.10 Å². The molecule has 0 radical (unpaired) electrons. The van der Waals surface area contributed by atoms with Gasteiger partial charge in [0.2, 0.25) is 5.78 Å². The monoisotopic (exact) mass is 439 g/mol. The van der Waals surface area contributed by atoms with Gasteiger partial charge in [-0.15, -0.1) is 0 Å². The largest absolute Gasteiger partial charge is 0.507 e. The standard InChI is InChI=1S/C26H18ClN3O2/c1-16-24(26(32)20-9-5-6-10-22(20)31)25(18-7-3-2-4-8-18)30-23(28-16)15-21(29-30)17-11-13-19(27)14-12-17/h2-15,31H,1H3. The summed E-state index contributed by atoms with van der Waals surface area (Å²) in [6.45, 7) is 1.80. The van der Waals surface area contributed by atoms with E-state index in [-0.39, 0.29) is 17.1 Å². The molecule has 0 saturated heterocycles. The zero-order valence-electron chi connectivity index (χ0n) is 17.2. The number of phenols is 1. The molecule has 0 unspecified atom stereocenters. The minimum atomic E-state index is -0.308. The van der Waals surface area contributed by atoms with Gasteiger partial charge >= 0.3 is 0 Å². The van der Waals surface area contributed by atoms with Gasteiger partial charge in [0.25, 0.3) is 0 Å². The third kappa shape index (κ3) is 3.43. The van der Waals surface area contributed by atoms with Crippen LogP contribution >= 0.6 is 11.6 Å². The molecule has 3 aromatic carbocycles. The van der Waals surface area contributed by atoms with E-state index in [1.54, 1.807) is 29.6 Å². The summed E-state index contributed by atoms with van der Waals surface area (Å²) in [5, 5.41) is 15.7. The van der Waals surface area contributed by atoms with Gasteiger partial charge in [0, 0.05) is 22.2 Å². The topological polar surface area (TPSA) is 67.5 Å². The minimum Gasteiger partial charge on any atom is -0.507 e. The van der Waals surface area contributed by atoms with Gasteiger partial charge in [-0.25, -0.2) is 9.50 Å². The van der Waals surface area contributed by atoms with Gasteiger partial charge in [0.15, 0.2) is 5.65 Å². The maximum Gasteiger partial charge on any atom is 0.200 e. The van der Waals surface area contributed by atoms with E-state index >= 15 is 0 Å². The van der Waals surface area contributed by atoms with Crippen LogP contribution < -0.4 is 0 Å². The minimum absolute atomic E-state index is 0.0710. The predicted molar refractivity (Wildman–Crippen MR) is 125 cm³/mol. The SMILES string of the molecule is Cc1nc2cc(-c3ccc(Cl)cc3)nn2c(-c2ccccc2)c1C(=O)c1ccccc1O. The number of carbonyl (C=O) groups is 1. The number of aromatic nitrogens is 3. The van der Waals surface area contributed by atoms with E-state index in [1.807, 2.05) is 60.7 Å². The molecule has 0 aliphatic rings. The van der Waals surface area contributed by atoms with Crippen LogP contribution in [0.25, 0.3) is 28.2 Å². The van der Waals surface area contributed by atoms with Gasteiger partial charge in [0.1, 0.15) is 5.75 Å². The fraction of sp³-hybridized carbons (Fsp3) is 0.0385. The molecule has 0 bridgehead atoms. The first-order chi connectivity index (χ1) is 15.5. The predicted octanol–water partition coefficient (Wildman–Crippen LogP) is 5.96. The number of ketones is 1. The van der Waals surface area contributed by atoms with Crippen LogP contribution in [0.2, 0.25) is 5.02 Å². The molecule has 5 rings (SSSR count). The van der Waals surface area contributed by atoms with Crippen molar-refractivity contribution >= 4 is 23.0 Å². The quantitative estimate of drug-likeness (QED) is 0.351. The molecule has 5 aromatic rings. The number of hydrogen-bond donors (Lipinski definition) is 1. The highest BCUT2D eigenvalue weighted by Gasteiger charge is 2.25. The lowest BCUT2D eigenvalue weighted by molar-refractivity contribution is 0.103. The molecule has 5 nitrogen and oxygen atoms in total. The van der Waals surface area contributed by atoms with E-state index < -0.39 is 0 Å². The Morgan fingerprint density at radius 1 is 0.906 bits per heavy atom. The Morgan fingerprint density at radius 2 is 1.59 bits per heavy atom. The Hall–Kier alpha value is -3.96. The number of aryl methyl sites for hydroxylation is 1. The van der Waals surface area contributed by atoms with Crippen LogP contribution in [0.3, 0.4) is 0 Å². The van der Waals surface area contributed by atoms with Crippen LogP contribution in [-0.2, 0) is 0 Å². The Balaban J connectivity index is 1.80. The highest BCUT2D eigenvalue weighted by molar-refractivity contribution is 6.30. The van der Waals surface area contributed by atoms with Crippen LogP contribution in [0, 0.1) is 6.92 Å². The Morgan fingerprint density at radius 3 is 2.31 bits per heavy atom. The Labute approximate surface area is 189 Å². The normalized spacial score (nSPS) is 11.1. The molecular formula is C26H18ClN3O2. The van der Waals surface area contributed by atoms with E-state index in [0.29, 0.717) is 27.6 Å². The molecule has 0 atom stereocenters. The van der Waals surface area contributed by atoms with Crippen molar-refractivity contribution in [2.45, 2.75) is 6.92 Å². The summed E-state index contributed by atoms with van der Waals surface area (Å²) < 4.78 is 1.69. The number of fused-ring (bicyclic) bond motifs is 1. The summed E-state index contributed by atoms with van der Waals surface area (Å²) in [5.41, 5.74) is 4.87. The molecule has 6 heteroatoms. The van der Waals surface area contributed by atoms with Crippen molar-refractivity contribution in [2.24, 2.45) is 0 Å². The van der Waals surface area contributed by atoms with Crippen LogP contribution in [0.4, 0.5) is 0 Å². The highest BCUT2D eigenvalue weighted by Crippen LogP contribution is 2.32. The number of phenolic OH excluding ortho intramolecular Hbond substituents is 1. The van der Waals surface area contributed by atoms with Gasteiger partial charge < -0.3 is 5.11 Å². The number of halogens is 1. The summed E-state index contributed by atoms with van der Waals surface area (Å²) in [5.74, 6) is -0.379. The molecular weight excluding hydrogens is 422 g/mol. The molecule has 0 amide bonds. The summed E-state index contributed by atoms with van der Waals surface area (Å²) in [6, 6.07) is 25.4. The number of nitrogens with zero attached hydrogens (tertiary/aromatic N) is 3. The van der Waals surface area contributed by atoms with E-state index in [1.165, 1.54) is 6.07 Å². The lowest BCUT2D eigenvalue weighted by Gasteiger charge is -2.14. The zero-order valence-corrected chi connectivity index (χ0v) is 17.9. The summed E-state index contributed by atoms with van der Waals surface area (Å²) in [7, 11) is 0. The van der Waals surface area contributed by atoms with Gasteiger partial charge in [0.05, 0.1) is 28.2 Å². The molecule has 0 spiro atoms. The lowest BCUT2D eigenvalue weighted by atomic mass is 9.96. The number of carbonyl (C=O) groups excluding carboxylic acids is 1. The van der Waals surface area contributed by atoms with Crippen molar-refractivity contribution in [1.29, 1.82) is 0 Å². The third-order valence-corrected chi connectivity index (χ3v) is 5.60. The second-order valence-corrected chi connectivity index (χ2v) is 7.88. The van der Waals surface area contributed by atoms with Crippen molar-refractivity contribution in [3.63, 3.8) is 0 Å². The van der Waals surface area contributed by atoms with Crippen LogP contribution in [0.5, 0.6) is 5.75 Å². The highest BCUT2D eigenvalue weighted by atomic mass is 35.5. The van der Waals surface area contributed by atoms with E-state index in [9.17, 15) is 9.90 Å². The smallest absolute Gasteiger partial charge is 0.200 e.